The fourth-order valence-electron chi connectivity index (χ4n) is 8.56. The summed E-state index contributed by atoms with van der Waals surface area (Å²) >= 11 is 0. The molecule has 0 N–H and O–H groups in total. The van der Waals surface area contributed by atoms with Gasteiger partial charge in [-0.1, -0.05) is 115 Å². The van der Waals surface area contributed by atoms with Crippen molar-refractivity contribution in [3.63, 3.8) is 0 Å². The van der Waals surface area contributed by atoms with Gasteiger partial charge in [0.2, 0.25) is 0 Å². The SMILES string of the molecule is c1ccc(-c2nc(-c3cccc(-n4c5ccccc5c5cc6c(cc54)c4ccccc4n6-c4ccccc4)c3)nc(-c3ccc4oc5ccccc5c4c3)n2)cc1. The molecule has 12 rings (SSSR count). The Hall–Kier alpha value is -7.83. The topological polar surface area (TPSA) is 61.7 Å². The van der Waals surface area contributed by atoms with Crippen LogP contribution >= 0.6 is 0 Å². The summed E-state index contributed by atoms with van der Waals surface area (Å²) < 4.78 is 10.9. The van der Waals surface area contributed by atoms with Gasteiger partial charge in [-0.15, -0.1) is 0 Å². The predicted octanol–water partition coefficient (Wildman–Crippen LogP) is 13.0. The summed E-state index contributed by atoms with van der Waals surface area (Å²) in [5.41, 5.74) is 11.2. The van der Waals surface area contributed by atoms with Crippen LogP contribution in [0.1, 0.15) is 0 Å². The van der Waals surface area contributed by atoms with E-state index >= 15 is 0 Å². The first-order valence-electron chi connectivity index (χ1n) is 19.1. The minimum Gasteiger partial charge on any atom is -0.456 e. The first-order chi connectivity index (χ1) is 28.2. The lowest BCUT2D eigenvalue weighted by molar-refractivity contribution is 0.669. The van der Waals surface area contributed by atoms with Crippen molar-refractivity contribution in [1.29, 1.82) is 0 Å². The van der Waals surface area contributed by atoms with Crippen LogP contribution in [0.15, 0.2) is 192 Å². The van der Waals surface area contributed by atoms with Crippen LogP contribution in [0.25, 0.3) is 111 Å². The van der Waals surface area contributed by atoms with Gasteiger partial charge in [0, 0.05) is 60.4 Å². The minimum atomic E-state index is 0.602. The Morgan fingerprint density at radius 3 is 1.47 bits per heavy atom. The Labute approximate surface area is 326 Å². The van der Waals surface area contributed by atoms with E-state index in [1.54, 1.807) is 0 Å². The quantitative estimate of drug-likeness (QED) is 0.177. The molecule has 4 aromatic heterocycles. The van der Waals surface area contributed by atoms with Crippen molar-refractivity contribution in [1.82, 2.24) is 24.1 Å². The van der Waals surface area contributed by atoms with Crippen molar-refractivity contribution in [2.45, 2.75) is 0 Å². The van der Waals surface area contributed by atoms with Gasteiger partial charge in [-0.25, -0.2) is 15.0 Å². The summed E-state index contributed by atoms with van der Waals surface area (Å²) in [4.78, 5) is 15.3. The number of fused-ring (bicyclic) bond motifs is 9. The Kier molecular flexibility index (Phi) is 6.83. The average molecular weight is 730 g/mol. The Bertz CT molecular complexity index is 3520. The van der Waals surface area contributed by atoms with E-state index in [-0.39, 0.29) is 0 Å². The number of aromatic nitrogens is 5. The second kappa shape index (κ2) is 12.3. The van der Waals surface area contributed by atoms with Gasteiger partial charge in [0.05, 0.1) is 22.1 Å². The number of nitrogens with zero attached hydrogens (tertiary/aromatic N) is 5. The lowest BCUT2D eigenvalue weighted by atomic mass is 10.1. The van der Waals surface area contributed by atoms with Crippen LogP contribution in [-0.2, 0) is 0 Å². The van der Waals surface area contributed by atoms with Crippen molar-refractivity contribution in [3.05, 3.63) is 188 Å². The molecule has 266 valence electrons. The summed E-state index contributed by atoms with van der Waals surface area (Å²) in [6.45, 7) is 0. The molecule has 0 aliphatic heterocycles. The normalized spacial score (nSPS) is 11.9. The molecule has 0 spiro atoms. The van der Waals surface area contributed by atoms with Crippen LogP contribution < -0.4 is 0 Å². The van der Waals surface area contributed by atoms with Crippen LogP contribution in [0.2, 0.25) is 0 Å². The maximum absolute atomic E-state index is 6.15. The molecule has 6 heteroatoms. The highest BCUT2D eigenvalue weighted by atomic mass is 16.3. The van der Waals surface area contributed by atoms with Crippen LogP contribution in [0.4, 0.5) is 0 Å². The smallest absolute Gasteiger partial charge is 0.164 e. The largest absolute Gasteiger partial charge is 0.456 e. The molecular weight excluding hydrogens is 699 g/mol. The summed E-state index contributed by atoms with van der Waals surface area (Å²) in [7, 11) is 0. The van der Waals surface area contributed by atoms with Crippen molar-refractivity contribution < 1.29 is 4.42 Å². The third-order valence-electron chi connectivity index (χ3n) is 11.1. The molecule has 0 saturated carbocycles. The van der Waals surface area contributed by atoms with Crippen molar-refractivity contribution in [2.24, 2.45) is 0 Å². The zero-order chi connectivity index (χ0) is 37.5. The molecule has 57 heavy (non-hydrogen) atoms. The molecule has 0 fully saturated rings. The van der Waals surface area contributed by atoms with E-state index in [2.05, 4.69) is 137 Å². The van der Waals surface area contributed by atoms with E-state index in [0.29, 0.717) is 17.5 Å². The summed E-state index contributed by atoms with van der Waals surface area (Å²) in [6.07, 6.45) is 0. The van der Waals surface area contributed by atoms with Gasteiger partial charge in [-0.3, -0.25) is 0 Å². The van der Waals surface area contributed by atoms with E-state index in [4.69, 9.17) is 19.4 Å². The summed E-state index contributed by atoms with van der Waals surface area (Å²) in [5, 5.41) is 6.91. The third kappa shape index (κ3) is 4.94. The molecule has 0 atom stereocenters. The first-order valence-corrected chi connectivity index (χ1v) is 19.1. The fraction of sp³-hybridized carbons (Fsp3) is 0. The minimum absolute atomic E-state index is 0.602. The van der Waals surface area contributed by atoms with Gasteiger partial charge in [0.1, 0.15) is 11.2 Å². The second-order valence-electron chi connectivity index (χ2n) is 14.5. The van der Waals surface area contributed by atoms with Gasteiger partial charge in [0.25, 0.3) is 0 Å². The van der Waals surface area contributed by atoms with Gasteiger partial charge in [0.15, 0.2) is 17.5 Å². The van der Waals surface area contributed by atoms with Gasteiger partial charge >= 0.3 is 0 Å². The molecule has 0 radical (unpaired) electrons. The number of rotatable bonds is 5. The van der Waals surface area contributed by atoms with E-state index in [0.717, 1.165) is 61.0 Å². The number of furan rings is 1. The zero-order valence-corrected chi connectivity index (χ0v) is 30.5. The summed E-state index contributed by atoms with van der Waals surface area (Å²) in [5.74, 6) is 1.82. The van der Waals surface area contributed by atoms with E-state index < -0.39 is 0 Å². The molecule has 12 aromatic rings. The van der Waals surface area contributed by atoms with E-state index in [1.807, 2.05) is 60.7 Å². The lowest BCUT2D eigenvalue weighted by Crippen LogP contribution is -2.01. The van der Waals surface area contributed by atoms with Gasteiger partial charge in [-0.2, -0.15) is 0 Å². The average Bonchev–Trinajstić information content (AvgIpc) is 3.93. The van der Waals surface area contributed by atoms with Crippen LogP contribution in [0, 0.1) is 0 Å². The fourth-order valence-corrected chi connectivity index (χ4v) is 8.56. The third-order valence-corrected chi connectivity index (χ3v) is 11.1. The highest BCUT2D eigenvalue weighted by Gasteiger charge is 2.20. The van der Waals surface area contributed by atoms with E-state index in [1.165, 1.54) is 32.6 Å². The van der Waals surface area contributed by atoms with E-state index in [9.17, 15) is 0 Å². The molecule has 4 heterocycles. The molecule has 0 aliphatic rings. The maximum Gasteiger partial charge on any atom is 0.164 e. The molecule has 0 aliphatic carbocycles. The molecular formula is C51H31N5O. The van der Waals surface area contributed by atoms with Crippen molar-refractivity contribution in [2.75, 3.05) is 0 Å². The molecule has 0 bridgehead atoms. The highest BCUT2D eigenvalue weighted by Crippen LogP contribution is 2.40. The number of para-hydroxylation sites is 4. The molecule has 0 unspecified atom stereocenters. The summed E-state index contributed by atoms with van der Waals surface area (Å²) in [6, 6.07) is 65.7. The monoisotopic (exact) mass is 729 g/mol. The molecule has 6 nitrogen and oxygen atoms in total. The van der Waals surface area contributed by atoms with Crippen LogP contribution in [0.3, 0.4) is 0 Å². The number of hydrogen-bond acceptors (Lipinski definition) is 4. The van der Waals surface area contributed by atoms with Gasteiger partial charge in [-0.05, 0) is 72.8 Å². The Balaban J connectivity index is 1.07. The van der Waals surface area contributed by atoms with Crippen molar-refractivity contribution >= 4 is 65.6 Å². The van der Waals surface area contributed by atoms with Crippen LogP contribution in [-0.4, -0.2) is 24.1 Å². The standard InChI is InChI=1S/C51H31N5O/c1-3-14-32(15-4-1)49-52-50(54-51(53-49)34-26-27-48-42(29-34)39-22-9-12-25-47(39)57-48)33-16-13-19-36(28-33)56-44-24-11-8-21-38(44)41-30-45-40(31-46(41)56)37-20-7-10-23-43(37)55(45)35-17-5-2-6-18-35/h1-31H. The Morgan fingerprint density at radius 2 is 0.789 bits per heavy atom. The van der Waals surface area contributed by atoms with Crippen molar-refractivity contribution in [3.8, 4) is 45.5 Å². The lowest BCUT2D eigenvalue weighted by Gasteiger charge is -2.12. The maximum atomic E-state index is 6.15. The molecule has 8 aromatic carbocycles. The predicted molar refractivity (Wildman–Crippen MR) is 232 cm³/mol. The number of benzene rings is 8. The van der Waals surface area contributed by atoms with Gasteiger partial charge < -0.3 is 13.6 Å². The molecule has 0 saturated heterocycles. The first kappa shape index (κ1) is 31.5. The highest BCUT2D eigenvalue weighted by molar-refractivity contribution is 6.19. The molecule has 0 amide bonds. The van der Waals surface area contributed by atoms with Crippen LogP contribution in [0.5, 0.6) is 0 Å². The zero-order valence-electron chi connectivity index (χ0n) is 30.5. The number of hydrogen-bond donors (Lipinski definition) is 0. The Morgan fingerprint density at radius 1 is 0.298 bits per heavy atom. The second-order valence-corrected chi connectivity index (χ2v) is 14.5.